The van der Waals surface area contributed by atoms with Crippen LogP contribution < -0.4 is 0 Å². The molecule has 11 N–H and O–H groups in total. The first-order chi connectivity index (χ1) is 30.2. The molecule has 0 amide bonds. The van der Waals surface area contributed by atoms with Gasteiger partial charge in [0.05, 0.1) is 37.6 Å². The standard InChI is InChI=1S/C45H72O19/c1-18-30(49)32(51)35(54)39(58-18)63-38-33(52)31(50)19(2)59-41(38)62-37-27(16-47)61-40(36(55)34(37)53)60-23-8-10-42(4)22(13-23)6-7-24-25(42)9-11-43(5)26(24)14-29-44(43,56)20(3)45(64-29)28(48)12-21(15-46)17-57-45/h6,18-21,23-41,46-56H,7-17H2,1-5H3. The van der Waals surface area contributed by atoms with Crippen LogP contribution >= 0.6 is 0 Å². The molecule has 1 spiro atoms. The molecule has 8 fully saturated rings. The normalized spacial score (nSPS) is 58.6. The van der Waals surface area contributed by atoms with Crippen LogP contribution in [-0.2, 0) is 37.9 Å². The zero-order chi connectivity index (χ0) is 46.0. The molecule has 9 rings (SSSR count). The monoisotopic (exact) mass is 916 g/mol. The average molecular weight is 917 g/mol. The summed E-state index contributed by atoms with van der Waals surface area (Å²) in [6, 6.07) is 0. The van der Waals surface area contributed by atoms with E-state index in [-0.39, 0.29) is 36.6 Å². The van der Waals surface area contributed by atoms with Crippen molar-refractivity contribution in [1.29, 1.82) is 0 Å². The van der Waals surface area contributed by atoms with Gasteiger partial charge >= 0.3 is 0 Å². The molecule has 19 heteroatoms. The van der Waals surface area contributed by atoms with Crippen LogP contribution in [0.1, 0.15) is 86.0 Å². The first-order valence-electron chi connectivity index (χ1n) is 23.6. The number of ether oxygens (including phenoxy) is 8. The van der Waals surface area contributed by atoms with Gasteiger partial charge in [-0.15, -0.1) is 0 Å². The molecule has 27 atom stereocenters. The van der Waals surface area contributed by atoms with Crippen LogP contribution in [0.3, 0.4) is 0 Å². The third-order valence-electron chi connectivity index (χ3n) is 18.1. The summed E-state index contributed by atoms with van der Waals surface area (Å²) in [5, 5.41) is 120. The van der Waals surface area contributed by atoms with Gasteiger partial charge < -0.3 is 94.1 Å². The van der Waals surface area contributed by atoms with Gasteiger partial charge in [0.2, 0.25) is 0 Å². The lowest BCUT2D eigenvalue weighted by Crippen LogP contribution is -2.66. The highest BCUT2D eigenvalue weighted by atomic mass is 16.8. The summed E-state index contributed by atoms with van der Waals surface area (Å²) in [5.41, 5.74) is -0.538. The van der Waals surface area contributed by atoms with Crippen LogP contribution in [0.2, 0.25) is 0 Å². The van der Waals surface area contributed by atoms with E-state index in [1.807, 2.05) is 6.92 Å². The van der Waals surface area contributed by atoms with E-state index in [9.17, 15) is 56.2 Å². The molecule has 366 valence electrons. The molecule has 4 aliphatic carbocycles. The Morgan fingerprint density at radius 3 is 2.02 bits per heavy atom. The van der Waals surface area contributed by atoms with Gasteiger partial charge in [0.15, 0.2) is 24.7 Å². The molecule has 5 saturated heterocycles. The molecule has 9 aliphatic rings. The minimum Gasteiger partial charge on any atom is -0.396 e. The Labute approximate surface area is 373 Å². The highest BCUT2D eigenvalue weighted by molar-refractivity contribution is 5.29. The Bertz CT molecular complexity index is 1710. The Hall–Kier alpha value is -1.02. The van der Waals surface area contributed by atoms with Crippen LogP contribution in [0.5, 0.6) is 0 Å². The lowest BCUT2D eigenvalue weighted by molar-refractivity contribution is -0.386. The molecule has 5 heterocycles. The number of fused-ring (bicyclic) bond motifs is 7. The van der Waals surface area contributed by atoms with Crippen molar-refractivity contribution in [3.05, 3.63) is 11.6 Å². The molecule has 0 aromatic heterocycles. The molecular weight excluding hydrogens is 844 g/mol. The molecule has 5 aliphatic heterocycles. The molecule has 0 aromatic rings. The maximum atomic E-state index is 12.8. The number of hydrogen-bond acceptors (Lipinski definition) is 19. The molecule has 64 heavy (non-hydrogen) atoms. The van der Waals surface area contributed by atoms with E-state index in [0.29, 0.717) is 37.5 Å². The topological polar surface area (TPSA) is 296 Å². The Kier molecular flexibility index (Phi) is 13.1. The zero-order valence-corrected chi connectivity index (χ0v) is 37.3. The molecule has 0 aromatic carbocycles. The first kappa shape index (κ1) is 48.0. The van der Waals surface area contributed by atoms with Crippen molar-refractivity contribution in [2.45, 2.75) is 208 Å². The lowest BCUT2D eigenvalue weighted by Gasteiger charge is -2.60. The van der Waals surface area contributed by atoms with Crippen molar-refractivity contribution < 1.29 is 94.1 Å². The van der Waals surface area contributed by atoms with Crippen LogP contribution in [0, 0.1) is 40.4 Å². The van der Waals surface area contributed by atoms with E-state index in [1.54, 1.807) is 0 Å². The van der Waals surface area contributed by atoms with Crippen LogP contribution in [-0.4, -0.2) is 198 Å². The summed E-state index contributed by atoms with van der Waals surface area (Å²) in [5.74, 6) is -1.13. The number of allylic oxidation sites excluding steroid dienone is 1. The second-order valence-electron chi connectivity index (χ2n) is 21.2. The van der Waals surface area contributed by atoms with Crippen molar-refractivity contribution in [3.63, 3.8) is 0 Å². The fraction of sp³-hybridized carbons (Fsp3) is 0.956. The summed E-state index contributed by atoms with van der Waals surface area (Å²) in [6.45, 7) is 8.89. The molecule has 27 unspecified atom stereocenters. The summed E-state index contributed by atoms with van der Waals surface area (Å²) < 4.78 is 48.7. The number of hydrogen-bond donors (Lipinski definition) is 11. The summed E-state index contributed by atoms with van der Waals surface area (Å²) >= 11 is 0. The number of aliphatic hydroxyl groups excluding tert-OH is 10. The van der Waals surface area contributed by atoms with Crippen molar-refractivity contribution in [1.82, 2.24) is 0 Å². The third kappa shape index (κ3) is 7.25. The van der Waals surface area contributed by atoms with Gasteiger partial charge in [-0.25, -0.2) is 0 Å². The zero-order valence-electron chi connectivity index (χ0n) is 37.3. The van der Waals surface area contributed by atoms with E-state index in [1.165, 1.54) is 19.4 Å². The molecular formula is C45H72O19. The predicted molar refractivity (Wildman–Crippen MR) is 217 cm³/mol. The van der Waals surface area contributed by atoms with Crippen LogP contribution in [0.15, 0.2) is 11.6 Å². The third-order valence-corrected chi connectivity index (χ3v) is 18.1. The quantitative estimate of drug-likeness (QED) is 0.121. The summed E-state index contributed by atoms with van der Waals surface area (Å²) in [4.78, 5) is 0. The van der Waals surface area contributed by atoms with Crippen LogP contribution in [0.4, 0.5) is 0 Å². The highest BCUT2D eigenvalue weighted by Gasteiger charge is 2.77. The van der Waals surface area contributed by atoms with Crippen molar-refractivity contribution in [2.24, 2.45) is 40.4 Å². The maximum absolute atomic E-state index is 12.8. The predicted octanol–water partition coefficient (Wildman–Crippen LogP) is -1.70. The SMILES string of the molecule is CC1OC(OC2C(OC3C(CO)OC(OC4CCC5(C)C(=CCC6C5CCC5(C)C6CC6OC7(OCC(CO)CC7O)C(C)C65O)C4)C(O)C3O)OC(C)C(O)C2O)C(O)C(O)C1O. The van der Waals surface area contributed by atoms with Gasteiger partial charge in [-0.3, -0.25) is 0 Å². The van der Waals surface area contributed by atoms with Gasteiger partial charge in [-0.05, 0) is 88.4 Å². The van der Waals surface area contributed by atoms with Crippen molar-refractivity contribution in [2.75, 3.05) is 19.8 Å². The number of rotatable bonds is 8. The van der Waals surface area contributed by atoms with E-state index >= 15 is 0 Å². The number of aliphatic hydroxyl groups is 11. The van der Waals surface area contributed by atoms with Gasteiger partial charge in [-0.1, -0.05) is 32.4 Å². The second-order valence-corrected chi connectivity index (χ2v) is 21.2. The van der Waals surface area contributed by atoms with E-state index in [4.69, 9.17) is 37.9 Å². The van der Waals surface area contributed by atoms with Gasteiger partial charge in [0, 0.05) is 23.9 Å². The fourth-order valence-electron chi connectivity index (χ4n) is 14.1. The minimum absolute atomic E-state index is 0.0831. The van der Waals surface area contributed by atoms with E-state index < -0.39 is 134 Å². The molecule has 0 bridgehead atoms. The Balaban J connectivity index is 0.851. The van der Waals surface area contributed by atoms with Crippen LogP contribution in [0.25, 0.3) is 0 Å². The second kappa shape index (κ2) is 17.4. The summed E-state index contributed by atoms with van der Waals surface area (Å²) in [7, 11) is 0. The van der Waals surface area contributed by atoms with E-state index in [2.05, 4.69) is 19.9 Å². The average Bonchev–Trinajstić information content (AvgIpc) is 3.64. The first-order valence-corrected chi connectivity index (χ1v) is 23.6. The van der Waals surface area contributed by atoms with Gasteiger partial charge in [0.1, 0.15) is 72.7 Å². The molecule has 19 nitrogen and oxygen atoms in total. The van der Waals surface area contributed by atoms with Gasteiger partial charge in [-0.2, -0.15) is 0 Å². The largest absolute Gasteiger partial charge is 0.396 e. The van der Waals surface area contributed by atoms with E-state index in [0.717, 1.165) is 25.7 Å². The van der Waals surface area contributed by atoms with Gasteiger partial charge in [0.25, 0.3) is 0 Å². The molecule has 0 radical (unpaired) electrons. The van der Waals surface area contributed by atoms with Crippen molar-refractivity contribution >= 4 is 0 Å². The molecule has 3 saturated carbocycles. The highest BCUT2D eigenvalue weighted by Crippen LogP contribution is 2.72. The minimum atomic E-state index is -1.75. The fourth-order valence-corrected chi connectivity index (χ4v) is 14.1. The smallest absolute Gasteiger partial charge is 0.200 e. The lowest BCUT2D eigenvalue weighted by atomic mass is 9.46. The Morgan fingerprint density at radius 1 is 0.688 bits per heavy atom. The Morgan fingerprint density at radius 2 is 1.33 bits per heavy atom. The maximum Gasteiger partial charge on any atom is 0.200 e. The summed E-state index contributed by atoms with van der Waals surface area (Å²) in [6.07, 6.45) is -16.1. The van der Waals surface area contributed by atoms with Crippen molar-refractivity contribution in [3.8, 4) is 0 Å².